The molecular weight excluding hydrogens is 368 g/mol. The van der Waals surface area contributed by atoms with Gasteiger partial charge in [-0.2, -0.15) is 0 Å². The molecule has 0 saturated carbocycles. The molecule has 1 aromatic rings. The number of aliphatic hydroxyl groups is 2. The molecule has 10 nitrogen and oxygen atoms in total. The Labute approximate surface area is 163 Å². The van der Waals surface area contributed by atoms with Crippen LogP contribution in [0.15, 0.2) is 29.4 Å². The Hall–Kier alpha value is -2.81. The molecular formula is C18H26N4O6. The van der Waals surface area contributed by atoms with E-state index in [2.05, 4.69) is 15.3 Å². The van der Waals surface area contributed by atoms with Crippen LogP contribution in [0.5, 0.6) is 5.75 Å². The summed E-state index contributed by atoms with van der Waals surface area (Å²) in [5.74, 6) is -0.928. The number of esters is 1. The van der Waals surface area contributed by atoms with Crippen LogP contribution in [0, 0.1) is 5.92 Å². The van der Waals surface area contributed by atoms with E-state index in [4.69, 9.17) is 20.1 Å². The van der Waals surface area contributed by atoms with Crippen molar-refractivity contribution in [3.05, 3.63) is 40.3 Å². The van der Waals surface area contributed by atoms with Gasteiger partial charge in [-0.1, -0.05) is 31.1 Å². The van der Waals surface area contributed by atoms with Crippen LogP contribution in [0.2, 0.25) is 0 Å². The average molecular weight is 394 g/mol. The zero-order valence-corrected chi connectivity index (χ0v) is 16.1. The van der Waals surface area contributed by atoms with Crippen molar-refractivity contribution < 1.29 is 29.3 Å². The van der Waals surface area contributed by atoms with Crippen molar-refractivity contribution >= 4 is 11.9 Å². The number of benzene rings is 1. The van der Waals surface area contributed by atoms with E-state index in [1.54, 1.807) is 38.1 Å². The molecule has 0 saturated heterocycles. The van der Waals surface area contributed by atoms with Crippen LogP contribution >= 0.6 is 0 Å². The minimum absolute atomic E-state index is 0.0489. The fraction of sp³-hybridized carbons (Fsp3) is 0.556. The van der Waals surface area contributed by atoms with Gasteiger partial charge in [-0.3, -0.25) is 4.79 Å². The molecule has 10 heteroatoms. The smallest absolute Gasteiger partial charge is 0.328 e. The quantitative estimate of drug-likeness (QED) is 0.220. The number of nitrogens with one attached hydrogen (secondary N) is 1. The van der Waals surface area contributed by atoms with Crippen LogP contribution in [-0.4, -0.2) is 60.6 Å². The van der Waals surface area contributed by atoms with Gasteiger partial charge < -0.3 is 25.0 Å². The van der Waals surface area contributed by atoms with Crippen molar-refractivity contribution in [1.29, 1.82) is 0 Å². The molecule has 1 rings (SSSR count). The Morgan fingerprint density at radius 2 is 1.93 bits per heavy atom. The number of azide groups is 1. The fourth-order valence-corrected chi connectivity index (χ4v) is 2.34. The van der Waals surface area contributed by atoms with Crippen molar-refractivity contribution in [2.75, 3.05) is 20.3 Å². The maximum absolute atomic E-state index is 12.4. The average Bonchev–Trinajstić information content (AvgIpc) is 2.69. The zero-order valence-electron chi connectivity index (χ0n) is 16.1. The van der Waals surface area contributed by atoms with Gasteiger partial charge in [0.05, 0.1) is 13.7 Å². The molecule has 3 atom stereocenters. The zero-order chi connectivity index (χ0) is 21.1. The third kappa shape index (κ3) is 7.43. The lowest BCUT2D eigenvalue weighted by atomic mass is 10.0. The van der Waals surface area contributed by atoms with Crippen molar-refractivity contribution in [2.45, 2.75) is 38.5 Å². The van der Waals surface area contributed by atoms with Crippen molar-refractivity contribution in [3.8, 4) is 5.75 Å². The number of hydrogen-bond donors (Lipinski definition) is 3. The van der Waals surface area contributed by atoms with Crippen LogP contribution in [-0.2, 0) is 20.7 Å². The summed E-state index contributed by atoms with van der Waals surface area (Å²) in [6, 6.07) is 4.81. The highest BCUT2D eigenvalue weighted by molar-refractivity contribution is 5.88. The molecule has 0 aliphatic carbocycles. The second kappa shape index (κ2) is 11.8. The molecule has 1 aromatic carbocycles. The Morgan fingerprint density at radius 1 is 1.29 bits per heavy atom. The summed E-state index contributed by atoms with van der Waals surface area (Å²) in [7, 11) is 1.22. The summed E-state index contributed by atoms with van der Waals surface area (Å²) >= 11 is 0. The maximum atomic E-state index is 12.4. The molecule has 0 fully saturated rings. The van der Waals surface area contributed by atoms with Gasteiger partial charge in [0.25, 0.3) is 0 Å². The molecule has 0 aliphatic rings. The van der Waals surface area contributed by atoms with Crippen LogP contribution in [0.3, 0.4) is 0 Å². The first kappa shape index (κ1) is 23.2. The van der Waals surface area contributed by atoms with E-state index in [0.29, 0.717) is 5.75 Å². The molecule has 1 amide bonds. The molecule has 0 heterocycles. The van der Waals surface area contributed by atoms with Gasteiger partial charge in [-0.15, -0.1) is 0 Å². The predicted molar refractivity (Wildman–Crippen MR) is 100 cm³/mol. The highest BCUT2D eigenvalue weighted by atomic mass is 16.5. The predicted octanol–water partition coefficient (Wildman–Crippen LogP) is 0.954. The Morgan fingerprint density at radius 3 is 2.43 bits per heavy atom. The van der Waals surface area contributed by atoms with Crippen LogP contribution in [0.25, 0.3) is 10.4 Å². The van der Waals surface area contributed by atoms with Crippen molar-refractivity contribution in [2.24, 2.45) is 11.0 Å². The third-order valence-corrected chi connectivity index (χ3v) is 3.89. The van der Waals surface area contributed by atoms with E-state index in [9.17, 15) is 14.7 Å². The number of amides is 1. The summed E-state index contributed by atoms with van der Waals surface area (Å²) < 4.78 is 10.1. The number of carbonyl (C=O) groups is 2. The summed E-state index contributed by atoms with van der Waals surface area (Å²) in [5, 5.41) is 24.1. The second-order valence-electron chi connectivity index (χ2n) is 6.47. The summed E-state index contributed by atoms with van der Waals surface area (Å²) in [4.78, 5) is 27.1. The Bertz CT molecular complexity index is 688. The normalized spacial score (nSPS) is 13.8. The molecule has 2 unspecified atom stereocenters. The molecule has 0 spiro atoms. The first-order valence-corrected chi connectivity index (χ1v) is 8.75. The monoisotopic (exact) mass is 394 g/mol. The van der Waals surface area contributed by atoms with Crippen LogP contribution in [0.4, 0.5) is 0 Å². The fourth-order valence-electron chi connectivity index (χ4n) is 2.34. The topological polar surface area (TPSA) is 154 Å². The SMILES string of the molecule is COC(=O)[C@H](Cc1ccc(OCC(O)CO)cc1)NC(=O)C(N=[N+]=[N-])C(C)C. The lowest BCUT2D eigenvalue weighted by Crippen LogP contribution is -2.47. The van der Waals surface area contributed by atoms with E-state index in [1.807, 2.05) is 0 Å². The molecule has 0 radical (unpaired) electrons. The van der Waals surface area contributed by atoms with E-state index < -0.39 is 36.7 Å². The second-order valence-corrected chi connectivity index (χ2v) is 6.47. The van der Waals surface area contributed by atoms with Crippen LogP contribution < -0.4 is 10.1 Å². The minimum Gasteiger partial charge on any atom is -0.491 e. The number of methoxy groups -OCH3 is 1. The summed E-state index contributed by atoms with van der Waals surface area (Å²) in [5.41, 5.74) is 9.36. The summed E-state index contributed by atoms with van der Waals surface area (Å²) in [6.45, 7) is 3.02. The molecule has 154 valence electrons. The first-order valence-electron chi connectivity index (χ1n) is 8.75. The Balaban J connectivity index is 2.82. The van der Waals surface area contributed by atoms with Crippen LogP contribution in [0.1, 0.15) is 19.4 Å². The highest BCUT2D eigenvalue weighted by Gasteiger charge is 2.27. The van der Waals surface area contributed by atoms with Gasteiger partial charge in [0.15, 0.2) is 0 Å². The lowest BCUT2D eigenvalue weighted by molar-refractivity contribution is -0.145. The number of rotatable bonds is 11. The summed E-state index contributed by atoms with van der Waals surface area (Å²) in [6.07, 6.45) is -0.803. The Kier molecular flexibility index (Phi) is 9.80. The molecule has 0 bridgehead atoms. The van der Waals surface area contributed by atoms with Gasteiger partial charge in [0.1, 0.15) is 30.5 Å². The van der Waals surface area contributed by atoms with E-state index in [-0.39, 0.29) is 18.9 Å². The maximum Gasteiger partial charge on any atom is 0.328 e. The van der Waals surface area contributed by atoms with Gasteiger partial charge in [-0.05, 0) is 29.1 Å². The van der Waals surface area contributed by atoms with E-state index in [1.165, 1.54) is 7.11 Å². The van der Waals surface area contributed by atoms with E-state index >= 15 is 0 Å². The number of nitrogens with zero attached hydrogens (tertiary/aromatic N) is 3. The molecule has 0 aromatic heterocycles. The number of carbonyl (C=O) groups excluding carboxylic acids is 2. The molecule has 0 aliphatic heterocycles. The van der Waals surface area contributed by atoms with Gasteiger partial charge in [0.2, 0.25) is 5.91 Å². The third-order valence-electron chi connectivity index (χ3n) is 3.89. The number of hydrogen-bond acceptors (Lipinski definition) is 7. The number of aliphatic hydroxyl groups excluding tert-OH is 2. The van der Waals surface area contributed by atoms with Gasteiger partial charge in [-0.25, -0.2) is 4.79 Å². The standard InChI is InChI=1S/C18H26N4O6/c1-11(2)16(21-22-19)17(25)20-15(18(26)27-3)8-12-4-6-14(7-5-12)28-10-13(24)9-23/h4-7,11,13,15-16,23-24H,8-10H2,1-3H3,(H,20,25)/t13?,15-,16?/m0/s1. The van der Waals surface area contributed by atoms with Gasteiger partial charge >= 0.3 is 5.97 Å². The first-order chi connectivity index (χ1) is 13.3. The largest absolute Gasteiger partial charge is 0.491 e. The highest BCUT2D eigenvalue weighted by Crippen LogP contribution is 2.15. The van der Waals surface area contributed by atoms with Crippen molar-refractivity contribution in [1.82, 2.24) is 5.32 Å². The lowest BCUT2D eigenvalue weighted by Gasteiger charge is -2.21. The van der Waals surface area contributed by atoms with E-state index in [0.717, 1.165) is 5.56 Å². The minimum atomic E-state index is -0.969. The van der Waals surface area contributed by atoms with Crippen molar-refractivity contribution in [3.63, 3.8) is 0 Å². The molecule has 3 N–H and O–H groups in total. The number of ether oxygens (including phenoxy) is 2. The van der Waals surface area contributed by atoms with Gasteiger partial charge in [0, 0.05) is 11.3 Å². The molecule has 28 heavy (non-hydrogen) atoms.